The third-order valence-electron chi connectivity index (χ3n) is 2.47. The summed E-state index contributed by atoms with van der Waals surface area (Å²) in [4.78, 5) is 2.12. The van der Waals surface area contributed by atoms with E-state index in [0.29, 0.717) is 0 Å². The van der Waals surface area contributed by atoms with E-state index in [-0.39, 0.29) is 6.17 Å². The number of azo groups is 1. The van der Waals surface area contributed by atoms with Gasteiger partial charge in [0.2, 0.25) is 0 Å². The fourth-order valence-electron chi connectivity index (χ4n) is 1.81. The molecule has 14 heavy (non-hydrogen) atoms. The Morgan fingerprint density at radius 2 is 2.21 bits per heavy atom. The van der Waals surface area contributed by atoms with Gasteiger partial charge in [0.1, 0.15) is 6.17 Å². The highest BCUT2D eigenvalue weighted by atomic mass is 15.5. The quantitative estimate of drug-likeness (QED) is 0.676. The molecule has 2 aliphatic rings. The van der Waals surface area contributed by atoms with Crippen molar-refractivity contribution in [2.75, 3.05) is 10.2 Å². The lowest BCUT2D eigenvalue weighted by Gasteiger charge is -2.27. The molecule has 1 unspecified atom stereocenters. The van der Waals surface area contributed by atoms with Crippen LogP contribution in [0.2, 0.25) is 0 Å². The molecular weight excluding hydrogens is 176 g/mol. The first-order chi connectivity index (χ1) is 6.86. The number of fused-ring (bicyclic) bond motifs is 3. The van der Waals surface area contributed by atoms with Crippen LogP contribution in [0.15, 0.2) is 46.5 Å². The van der Waals surface area contributed by atoms with Gasteiger partial charge in [-0.2, -0.15) is 5.11 Å². The second-order valence-corrected chi connectivity index (χ2v) is 3.38. The Hall–Kier alpha value is -1.84. The average molecular weight is 186 g/mol. The maximum absolute atomic E-state index is 4.12. The van der Waals surface area contributed by atoms with Crippen LogP contribution in [0.1, 0.15) is 6.92 Å². The molecule has 0 fully saturated rings. The van der Waals surface area contributed by atoms with Gasteiger partial charge in [-0.05, 0) is 19.1 Å². The van der Waals surface area contributed by atoms with Crippen molar-refractivity contribution in [1.29, 1.82) is 0 Å². The number of nitrogens with zero attached hydrogens (tertiary/aromatic N) is 3. The predicted molar refractivity (Wildman–Crippen MR) is 54.9 cm³/mol. The molecule has 1 N–H and O–H groups in total. The van der Waals surface area contributed by atoms with Crippen LogP contribution in [0.4, 0.5) is 11.4 Å². The Morgan fingerprint density at radius 3 is 3.14 bits per heavy atom. The molecule has 0 bridgehead atoms. The van der Waals surface area contributed by atoms with Crippen LogP contribution in [0.25, 0.3) is 0 Å². The summed E-state index contributed by atoms with van der Waals surface area (Å²) in [7, 11) is 0. The highest BCUT2D eigenvalue weighted by Crippen LogP contribution is 2.37. The zero-order valence-corrected chi connectivity index (χ0v) is 7.81. The third-order valence-corrected chi connectivity index (χ3v) is 2.47. The highest BCUT2D eigenvalue weighted by molar-refractivity contribution is 5.76. The van der Waals surface area contributed by atoms with E-state index >= 15 is 0 Å². The number of nitrogens with one attached hydrogen (secondary N) is 1. The van der Waals surface area contributed by atoms with Crippen molar-refractivity contribution in [3.63, 3.8) is 0 Å². The van der Waals surface area contributed by atoms with Crippen molar-refractivity contribution in [3.8, 4) is 0 Å². The number of rotatable bonds is 0. The summed E-state index contributed by atoms with van der Waals surface area (Å²) in [6.07, 6.45) is 1.99. The topological polar surface area (TPSA) is 40.0 Å². The van der Waals surface area contributed by atoms with E-state index in [1.807, 2.05) is 31.3 Å². The maximum Gasteiger partial charge on any atom is 0.173 e. The molecule has 0 amide bonds. The number of hydrogen-bond donors (Lipinski definition) is 1. The largest absolute Gasteiger partial charge is 0.357 e. The van der Waals surface area contributed by atoms with Crippen LogP contribution in [-0.2, 0) is 0 Å². The van der Waals surface area contributed by atoms with E-state index in [4.69, 9.17) is 0 Å². The monoisotopic (exact) mass is 186 g/mol. The lowest BCUT2D eigenvalue weighted by atomic mass is 10.2. The summed E-state index contributed by atoms with van der Waals surface area (Å²) < 4.78 is 0. The zero-order chi connectivity index (χ0) is 9.54. The van der Waals surface area contributed by atoms with Crippen LogP contribution >= 0.6 is 0 Å². The molecule has 2 heterocycles. The van der Waals surface area contributed by atoms with Crippen molar-refractivity contribution in [2.24, 2.45) is 10.2 Å². The Morgan fingerprint density at radius 1 is 1.36 bits per heavy atom. The van der Waals surface area contributed by atoms with Crippen LogP contribution in [0.5, 0.6) is 0 Å². The molecule has 3 rings (SSSR count). The molecule has 70 valence electrons. The van der Waals surface area contributed by atoms with E-state index in [9.17, 15) is 0 Å². The van der Waals surface area contributed by atoms with Gasteiger partial charge in [-0.25, -0.2) is 0 Å². The van der Waals surface area contributed by atoms with E-state index < -0.39 is 0 Å². The van der Waals surface area contributed by atoms with Gasteiger partial charge in [0.15, 0.2) is 5.82 Å². The molecule has 0 spiro atoms. The van der Waals surface area contributed by atoms with Gasteiger partial charge in [0.25, 0.3) is 0 Å². The SMILES string of the molecule is CC1N=NC2=CNc3ccccc3N21. The van der Waals surface area contributed by atoms with E-state index in [0.717, 1.165) is 17.2 Å². The van der Waals surface area contributed by atoms with Crippen LogP contribution < -0.4 is 10.2 Å². The Kier molecular flexibility index (Phi) is 1.39. The number of hydrogen-bond acceptors (Lipinski definition) is 4. The van der Waals surface area contributed by atoms with E-state index in [2.05, 4.69) is 26.5 Å². The van der Waals surface area contributed by atoms with Crippen LogP contribution in [0, 0.1) is 0 Å². The molecule has 0 saturated carbocycles. The minimum Gasteiger partial charge on any atom is -0.357 e. The predicted octanol–water partition coefficient (Wildman–Crippen LogP) is 2.53. The van der Waals surface area contributed by atoms with Crippen molar-refractivity contribution in [1.82, 2.24) is 0 Å². The van der Waals surface area contributed by atoms with Gasteiger partial charge in [-0.3, -0.25) is 4.90 Å². The van der Waals surface area contributed by atoms with E-state index in [1.54, 1.807) is 0 Å². The standard InChI is InChI=1S/C10H10N4/c1-7-12-13-10-6-11-8-4-2-3-5-9(8)14(7)10/h2-7,11H,1H3. The summed E-state index contributed by atoms with van der Waals surface area (Å²) in [6, 6.07) is 8.16. The highest BCUT2D eigenvalue weighted by Gasteiger charge is 2.28. The zero-order valence-electron chi connectivity index (χ0n) is 7.81. The second-order valence-electron chi connectivity index (χ2n) is 3.38. The average Bonchev–Trinajstić information content (AvgIpc) is 2.61. The minimum atomic E-state index is 0.101. The lowest BCUT2D eigenvalue weighted by molar-refractivity contribution is 0.763. The molecule has 4 heteroatoms. The molecule has 0 radical (unpaired) electrons. The van der Waals surface area contributed by atoms with Crippen molar-refractivity contribution in [3.05, 3.63) is 36.3 Å². The van der Waals surface area contributed by atoms with E-state index in [1.165, 1.54) is 0 Å². The van der Waals surface area contributed by atoms with Gasteiger partial charge < -0.3 is 5.32 Å². The van der Waals surface area contributed by atoms with Crippen LogP contribution in [0.3, 0.4) is 0 Å². The Bertz CT molecular complexity index is 436. The second kappa shape index (κ2) is 2.57. The molecule has 1 aromatic carbocycles. The molecule has 2 aliphatic heterocycles. The molecule has 1 aromatic rings. The molecule has 0 aromatic heterocycles. The number of benzene rings is 1. The number of para-hydroxylation sites is 2. The first kappa shape index (κ1) is 7.55. The molecule has 1 atom stereocenters. The minimum absolute atomic E-state index is 0.101. The normalized spacial score (nSPS) is 22.5. The lowest BCUT2D eigenvalue weighted by Crippen LogP contribution is -2.28. The summed E-state index contributed by atoms with van der Waals surface area (Å²) in [6.45, 7) is 2.03. The summed E-state index contributed by atoms with van der Waals surface area (Å²) in [5.74, 6) is 0.885. The fraction of sp³-hybridized carbons (Fsp3) is 0.200. The van der Waals surface area contributed by atoms with Crippen molar-refractivity contribution in [2.45, 2.75) is 13.1 Å². The Balaban J connectivity index is 2.15. The van der Waals surface area contributed by atoms with Gasteiger partial charge in [0, 0.05) is 6.20 Å². The van der Waals surface area contributed by atoms with Crippen LogP contribution in [-0.4, -0.2) is 6.17 Å². The molecule has 0 aliphatic carbocycles. The van der Waals surface area contributed by atoms with Gasteiger partial charge in [0.05, 0.1) is 11.4 Å². The first-order valence-corrected chi connectivity index (χ1v) is 4.62. The third kappa shape index (κ3) is 0.878. The van der Waals surface area contributed by atoms with Gasteiger partial charge >= 0.3 is 0 Å². The fourth-order valence-corrected chi connectivity index (χ4v) is 1.81. The first-order valence-electron chi connectivity index (χ1n) is 4.62. The maximum atomic E-state index is 4.12. The van der Waals surface area contributed by atoms with Crippen molar-refractivity contribution >= 4 is 11.4 Å². The van der Waals surface area contributed by atoms with Gasteiger partial charge in [-0.15, -0.1) is 5.11 Å². The number of anilines is 2. The summed E-state index contributed by atoms with van der Waals surface area (Å²) >= 11 is 0. The van der Waals surface area contributed by atoms with Crippen molar-refractivity contribution < 1.29 is 0 Å². The van der Waals surface area contributed by atoms with Gasteiger partial charge in [-0.1, -0.05) is 12.1 Å². The molecule has 4 nitrogen and oxygen atoms in total. The smallest absolute Gasteiger partial charge is 0.173 e. The summed E-state index contributed by atoms with van der Waals surface area (Å²) in [5.41, 5.74) is 2.25. The Labute approximate surface area is 81.9 Å². The molecule has 0 saturated heterocycles. The molecular formula is C10H10N4. The summed E-state index contributed by atoms with van der Waals surface area (Å²) in [5, 5.41) is 11.4.